The summed E-state index contributed by atoms with van der Waals surface area (Å²) in [5.74, 6) is 0.780. The predicted octanol–water partition coefficient (Wildman–Crippen LogP) is 2.88. The van der Waals surface area contributed by atoms with E-state index in [1.165, 1.54) is 12.1 Å². The molecule has 0 amide bonds. The van der Waals surface area contributed by atoms with Gasteiger partial charge in [0, 0.05) is 12.1 Å². The van der Waals surface area contributed by atoms with Gasteiger partial charge < -0.3 is 0 Å². The van der Waals surface area contributed by atoms with Crippen LogP contribution in [0.1, 0.15) is 11.1 Å². The number of aromatic amines is 2. The highest BCUT2D eigenvalue weighted by Crippen LogP contribution is 2.28. The van der Waals surface area contributed by atoms with Gasteiger partial charge in [-0.25, -0.2) is 9.97 Å². The average molecular weight is 352 g/mol. The Morgan fingerprint density at radius 2 is 1.04 bits per heavy atom. The average Bonchev–Trinajstić information content (AvgIpc) is 2.51. The van der Waals surface area contributed by atoms with E-state index < -0.39 is 23.5 Å². The lowest BCUT2D eigenvalue weighted by atomic mass is 10.3. The fraction of sp³-hybridized carbons (Fsp3) is 0.286. The van der Waals surface area contributed by atoms with E-state index in [1.807, 2.05) is 0 Å². The van der Waals surface area contributed by atoms with E-state index >= 15 is 0 Å². The minimum atomic E-state index is -4.41. The summed E-state index contributed by atoms with van der Waals surface area (Å²) < 4.78 is 74.4. The predicted molar refractivity (Wildman–Crippen MR) is 73.0 cm³/mol. The molecule has 10 heteroatoms. The van der Waals surface area contributed by atoms with Gasteiger partial charge in [-0.2, -0.15) is 26.3 Å². The normalized spacial score (nSPS) is 12.1. The summed E-state index contributed by atoms with van der Waals surface area (Å²) in [5.41, 5.74) is -1.57. The number of aromatic nitrogens is 2. The minimum absolute atomic E-state index is 0.344. The van der Waals surface area contributed by atoms with Crippen molar-refractivity contribution in [2.24, 2.45) is 0 Å². The molecule has 0 aromatic carbocycles. The van der Waals surface area contributed by atoms with Crippen molar-refractivity contribution in [3.05, 3.63) is 47.8 Å². The summed E-state index contributed by atoms with van der Waals surface area (Å²) in [5, 5.41) is 5.70. The van der Waals surface area contributed by atoms with Crippen molar-refractivity contribution in [3.63, 3.8) is 0 Å². The molecule has 0 bridgehead atoms. The second-order valence-electron chi connectivity index (χ2n) is 4.83. The van der Waals surface area contributed by atoms with E-state index in [1.54, 1.807) is 0 Å². The zero-order valence-electron chi connectivity index (χ0n) is 12.1. The van der Waals surface area contributed by atoms with Crippen LogP contribution >= 0.6 is 0 Å². The Morgan fingerprint density at radius 3 is 1.29 bits per heavy atom. The summed E-state index contributed by atoms with van der Waals surface area (Å²) in [4.78, 5) is 4.95. The van der Waals surface area contributed by atoms with Gasteiger partial charge >= 0.3 is 12.4 Å². The lowest BCUT2D eigenvalue weighted by molar-refractivity contribution is -0.365. The van der Waals surface area contributed by atoms with Crippen molar-refractivity contribution in [2.45, 2.75) is 12.4 Å². The van der Waals surface area contributed by atoms with Crippen LogP contribution in [0.3, 0.4) is 0 Å². The molecule has 0 aliphatic carbocycles. The topological polar surface area (TPSA) is 52.3 Å². The van der Waals surface area contributed by atoms with E-state index in [9.17, 15) is 26.3 Å². The quantitative estimate of drug-likeness (QED) is 0.642. The first kappa shape index (κ1) is 17.8. The van der Waals surface area contributed by atoms with Gasteiger partial charge in [0.1, 0.15) is 25.5 Å². The van der Waals surface area contributed by atoms with Crippen LogP contribution in [-0.4, -0.2) is 13.1 Å². The summed E-state index contributed by atoms with van der Waals surface area (Å²) in [6.07, 6.45) is -7.12. The van der Waals surface area contributed by atoms with Crippen LogP contribution < -0.4 is 20.6 Å². The molecule has 0 saturated heterocycles. The van der Waals surface area contributed by atoms with Gasteiger partial charge in [0.25, 0.3) is 11.6 Å². The van der Waals surface area contributed by atoms with Crippen molar-refractivity contribution >= 4 is 11.6 Å². The summed E-state index contributed by atoms with van der Waals surface area (Å²) in [6.45, 7) is 0.688. The van der Waals surface area contributed by atoms with Crippen molar-refractivity contribution in [1.82, 2.24) is 0 Å². The fourth-order valence-corrected chi connectivity index (χ4v) is 1.82. The SMILES string of the molecule is FC(F)(F)c1ccc(NCCNc2ccc(C(F)(F)F)c[nH+]2)[nH+]c1. The Hall–Kier alpha value is -2.52. The third kappa shape index (κ3) is 5.00. The van der Waals surface area contributed by atoms with Crippen molar-refractivity contribution in [2.75, 3.05) is 23.7 Å². The molecule has 0 aliphatic heterocycles. The molecular weight excluding hydrogens is 338 g/mol. The molecule has 0 unspecified atom stereocenters. The molecule has 2 rings (SSSR count). The maximum atomic E-state index is 12.4. The van der Waals surface area contributed by atoms with E-state index in [0.29, 0.717) is 24.7 Å². The first-order valence-corrected chi connectivity index (χ1v) is 6.82. The molecule has 24 heavy (non-hydrogen) atoms. The smallest absolute Gasteiger partial charge is 0.270 e. The highest BCUT2D eigenvalue weighted by molar-refractivity contribution is 5.32. The fourth-order valence-electron chi connectivity index (χ4n) is 1.82. The van der Waals surface area contributed by atoms with E-state index in [2.05, 4.69) is 20.6 Å². The maximum Gasteiger partial charge on any atom is 0.419 e. The van der Waals surface area contributed by atoms with E-state index in [-0.39, 0.29) is 0 Å². The number of hydrogen-bond acceptors (Lipinski definition) is 2. The first-order chi connectivity index (χ1) is 11.2. The van der Waals surface area contributed by atoms with Gasteiger partial charge in [0.15, 0.2) is 0 Å². The van der Waals surface area contributed by atoms with Crippen LogP contribution in [0, 0.1) is 0 Å². The molecule has 2 aromatic heterocycles. The molecule has 0 radical (unpaired) electrons. The zero-order chi connectivity index (χ0) is 17.8. The summed E-state index contributed by atoms with van der Waals surface area (Å²) in [6, 6.07) is 4.39. The van der Waals surface area contributed by atoms with Gasteiger partial charge in [-0.15, -0.1) is 0 Å². The van der Waals surface area contributed by atoms with Crippen LogP contribution in [0.15, 0.2) is 36.7 Å². The third-order valence-electron chi connectivity index (χ3n) is 3.04. The summed E-state index contributed by atoms with van der Waals surface area (Å²) >= 11 is 0. The number of hydrogen-bond donors (Lipinski definition) is 2. The minimum Gasteiger partial charge on any atom is -0.270 e. The number of pyridine rings is 2. The lowest BCUT2D eigenvalue weighted by Gasteiger charge is -2.05. The Bertz CT molecular complexity index is 589. The molecule has 0 fully saturated rings. The molecule has 130 valence electrons. The van der Waals surface area contributed by atoms with Crippen LogP contribution in [0.5, 0.6) is 0 Å². The first-order valence-electron chi connectivity index (χ1n) is 6.82. The largest absolute Gasteiger partial charge is 0.419 e. The number of anilines is 2. The van der Waals surface area contributed by atoms with Gasteiger partial charge in [-0.3, -0.25) is 10.6 Å². The second kappa shape index (κ2) is 6.93. The van der Waals surface area contributed by atoms with Gasteiger partial charge in [0.2, 0.25) is 0 Å². The highest BCUT2D eigenvalue weighted by Gasteiger charge is 2.32. The Kier molecular flexibility index (Phi) is 5.15. The highest BCUT2D eigenvalue weighted by atomic mass is 19.4. The van der Waals surface area contributed by atoms with Crippen molar-refractivity contribution in [1.29, 1.82) is 0 Å². The molecule has 2 heterocycles. The van der Waals surface area contributed by atoms with Gasteiger partial charge in [-0.1, -0.05) is 0 Å². The van der Waals surface area contributed by atoms with Crippen LogP contribution in [-0.2, 0) is 12.4 Å². The molecular formula is C14H14F6N4+2. The summed E-state index contributed by atoms with van der Waals surface area (Å²) in [7, 11) is 0. The number of halogens is 6. The lowest BCUT2D eigenvalue weighted by Crippen LogP contribution is -2.23. The standard InChI is InChI=1S/C14H12F6N4/c15-13(16,17)9-1-3-11(23-7-9)21-5-6-22-12-4-2-10(8-24-12)14(18,19)20/h1-4,7-8H,5-6H2,(H,21,23)(H,22,24)/p+2. The van der Waals surface area contributed by atoms with Crippen molar-refractivity contribution < 1.29 is 36.3 Å². The maximum absolute atomic E-state index is 12.4. The molecule has 0 spiro atoms. The molecule has 4 N–H and O–H groups in total. The number of rotatable bonds is 5. The van der Waals surface area contributed by atoms with Gasteiger partial charge in [-0.05, 0) is 12.1 Å². The van der Waals surface area contributed by atoms with Gasteiger partial charge in [0.05, 0.1) is 11.1 Å². The van der Waals surface area contributed by atoms with E-state index in [0.717, 1.165) is 24.5 Å². The second-order valence-corrected chi connectivity index (χ2v) is 4.83. The Labute approximate surface area is 132 Å². The third-order valence-corrected chi connectivity index (χ3v) is 3.04. The van der Waals surface area contributed by atoms with Crippen molar-refractivity contribution in [3.8, 4) is 0 Å². The van der Waals surface area contributed by atoms with Crippen LogP contribution in [0.25, 0.3) is 0 Å². The monoisotopic (exact) mass is 352 g/mol. The number of nitrogens with one attached hydrogen (secondary N) is 4. The number of alkyl halides is 6. The van der Waals surface area contributed by atoms with E-state index in [4.69, 9.17) is 0 Å². The zero-order valence-corrected chi connectivity index (χ0v) is 12.1. The number of H-pyrrole nitrogens is 2. The molecule has 0 aliphatic rings. The Morgan fingerprint density at radius 1 is 0.667 bits per heavy atom. The van der Waals surface area contributed by atoms with Crippen LogP contribution in [0.4, 0.5) is 38.0 Å². The van der Waals surface area contributed by atoms with Crippen LogP contribution in [0.2, 0.25) is 0 Å². The Balaban J connectivity index is 1.79. The molecule has 0 atom stereocenters. The molecule has 4 nitrogen and oxygen atoms in total. The molecule has 2 aromatic rings. The molecule has 0 saturated carbocycles.